The molecule has 2 nitrogen and oxygen atoms in total. The maximum atomic E-state index is 5.35. The van der Waals surface area contributed by atoms with Gasteiger partial charge < -0.3 is 9.47 Å². The van der Waals surface area contributed by atoms with Crippen molar-refractivity contribution in [1.29, 1.82) is 0 Å². The van der Waals surface area contributed by atoms with Gasteiger partial charge in [-0.25, -0.2) is 0 Å². The van der Waals surface area contributed by atoms with Crippen molar-refractivity contribution >= 4 is 17.3 Å². The lowest BCUT2D eigenvalue weighted by atomic mass is 9.92. The molecule has 14 heavy (non-hydrogen) atoms. The van der Waals surface area contributed by atoms with Crippen molar-refractivity contribution < 1.29 is 9.47 Å². The van der Waals surface area contributed by atoms with Gasteiger partial charge in [0.1, 0.15) is 5.76 Å². The zero-order valence-corrected chi connectivity index (χ0v) is 9.96. The summed E-state index contributed by atoms with van der Waals surface area (Å²) in [5.74, 6) is 0.964. The fourth-order valence-corrected chi connectivity index (χ4v) is 2.03. The molecule has 0 spiro atoms. The quantitative estimate of drug-likeness (QED) is 0.656. The first-order valence-corrected chi connectivity index (χ1v) is 5.04. The Labute approximate surface area is 90.6 Å². The maximum Gasteiger partial charge on any atom is 0.187 e. The number of thiocarbonyl (C=S) groups is 1. The van der Waals surface area contributed by atoms with E-state index in [-0.39, 0.29) is 0 Å². The number of ether oxygens (including phenoxy) is 2. The largest absolute Gasteiger partial charge is 0.497 e. The van der Waals surface area contributed by atoms with Gasteiger partial charge in [-0.3, -0.25) is 0 Å². The lowest BCUT2D eigenvalue weighted by Crippen LogP contribution is -2.11. The normalized spacial score (nSPS) is 17.1. The van der Waals surface area contributed by atoms with Crippen molar-refractivity contribution in [1.82, 2.24) is 0 Å². The summed E-state index contributed by atoms with van der Waals surface area (Å²) in [6.07, 6.45) is 1.95. The molecule has 0 heterocycles. The topological polar surface area (TPSA) is 18.5 Å². The summed E-state index contributed by atoms with van der Waals surface area (Å²) in [5.41, 5.74) is 3.50. The van der Waals surface area contributed by atoms with Crippen LogP contribution in [0, 0.1) is 0 Å². The molecule has 0 saturated heterocycles. The molecule has 0 aromatic heterocycles. The average Bonchev–Trinajstić information content (AvgIpc) is 2.18. The molecule has 3 heteroatoms. The van der Waals surface area contributed by atoms with Gasteiger partial charge in [0.2, 0.25) is 0 Å². The first kappa shape index (κ1) is 11.2. The summed E-state index contributed by atoms with van der Waals surface area (Å²) >= 11 is 5.13. The van der Waals surface area contributed by atoms with Crippen LogP contribution < -0.4 is 0 Å². The van der Waals surface area contributed by atoms with Crippen molar-refractivity contribution in [2.45, 2.75) is 26.7 Å². The number of allylic oxidation sites excluding steroid dienone is 2. The molecule has 0 aromatic carbocycles. The minimum absolute atomic E-state index is 0.588. The Morgan fingerprint density at radius 3 is 2.36 bits per heavy atom. The Balaban J connectivity index is 3.08. The minimum Gasteiger partial charge on any atom is -0.497 e. The van der Waals surface area contributed by atoms with Crippen LogP contribution >= 0.6 is 12.2 Å². The van der Waals surface area contributed by atoms with Crippen molar-refractivity contribution in [2.24, 2.45) is 0 Å². The Morgan fingerprint density at radius 2 is 1.86 bits per heavy atom. The van der Waals surface area contributed by atoms with E-state index in [9.17, 15) is 0 Å². The highest BCUT2D eigenvalue weighted by Crippen LogP contribution is 2.31. The van der Waals surface area contributed by atoms with E-state index in [1.54, 1.807) is 14.2 Å². The number of hydrogen-bond donors (Lipinski definition) is 0. The second kappa shape index (κ2) is 4.60. The van der Waals surface area contributed by atoms with Gasteiger partial charge in [0, 0.05) is 5.57 Å². The highest BCUT2D eigenvalue weighted by atomic mass is 32.1. The van der Waals surface area contributed by atoms with Gasteiger partial charge in [-0.05, 0) is 50.1 Å². The smallest absolute Gasteiger partial charge is 0.187 e. The van der Waals surface area contributed by atoms with Crippen LogP contribution in [0.5, 0.6) is 0 Å². The first-order chi connectivity index (χ1) is 6.61. The zero-order chi connectivity index (χ0) is 10.7. The molecule has 0 bridgehead atoms. The monoisotopic (exact) mass is 212 g/mol. The molecule has 0 radical (unpaired) electrons. The zero-order valence-electron chi connectivity index (χ0n) is 9.14. The third-order valence-electron chi connectivity index (χ3n) is 2.57. The van der Waals surface area contributed by atoms with Gasteiger partial charge in [0.05, 0.1) is 14.2 Å². The third kappa shape index (κ3) is 1.98. The first-order valence-electron chi connectivity index (χ1n) is 4.64. The molecule has 1 aliphatic rings. The predicted molar refractivity (Wildman–Crippen MR) is 61.3 cm³/mol. The lowest BCUT2D eigenvalue weighted by Gasteiger charge is -2.21. The molecule has 0 N–H and O–H groups in total. The fraction of sp³-hybridized carbons (Fsp3) is 0.545. The van der Waals surface area contributed by atoms with Crippen LogP contribution in [-0.2, 0) is 9.47 Å². The SMILES string of the molecule is COC(=S)C1=C(C)C(OC)=C(C)CC1. The molecule has 0 aliphatic heterocycles. The summed E-state index contributed by atoms with van der Waals surface area (Å²) in [6, 6.07) is 0. The average molecular weight is 212 g/mol. The number of rotatable bonds is 2. The minimum atomic E-state index is 0.588. The summed E-state index contributed by atoms with van der Waals surface area (Å²) in [7, 11) is 3.31. The Bertz CT molecular complexity index is 313. The molecule has 1 aliphatic carbocycles. The second-order valence-electron chi connectivity index (χ2n) is 3.41. The molecular weight excluding hydrogens is 196 g/mol. The van der Waals surface area contributed by atoms with E-state index in [4.69, 9.17) is 21.7 Å². The summed E-state index contributed by atoms with van der Waals surface area (Å²) in [6.45, 7) is 4.12. The number of hydrogen-bond acceptors (Lipinski definition) is 3. The van der Waals surface area contributed by atoms with Crippen LogP contribution in [0.1, 0.15) is 26.7 Å². The Hall–Kier alpha value is -0.830. The second-order valence-corrected chi connectivity index (χ2v) is 3.78. The van der Waals surface area contributed by atoms with E-state index in [0.717, 1.165) is 29.7 Å². The molecule has 0 aromatic rings. The molecule has 0 saturated carbocycles. The van der Waals surface area contributed by atoms with Crippen LogP contribution in [0.4, 0.5) is 0 Å². The van der Waals surface area contributed by atoms with E-state index in [1.807, 2.05) is 6.92 Å². The van der Waals surface area contributed by atoms with Gasteiger partial charge in [-0.1, -0.05) is 0 Å². The maximum absolute atomic E-state index is 5.35. The van der Waals surface area contributed by atoms with Gasteiger partial charge in [-0.2, -0.15) is 0 Å². The summed E-state index contributed by atoms with van der Waals surface area (Å²) in [5, 5.41) is 0.588. The molecule has 0 amide bonds. The van der Waals surface area contributed by atoms with Crippen LogP contribution in [0.15, 0.2) is 22.5 Å². The molecule has 78 valence electrons. The Kier molecular flexibility index (Phi) is 3.69. The van der Waals surface area contributed by atoms with Crippen molar-refractivity contribution in [3.05, 3.63) is 22.5 Å². The highest BCUT2D eigenvalue weighted by Gasteiger charge is 2.19. The molecule has 0 fully saturated rings. The summed E-state index contributed by atoms with van der Waals surface area (Å²) < 4.78 is 10.4. The van der Waals surface area contributed by atoms with Gasteiger partial charge in [-0.15, -0.1) is 0 Å². The van der Waals surface area contributed by atoms with Crippen LogP contribution in [-0.4, -0.2) is 19.3 Å². The standard InChI is InChI=1S/C11H16O2S/c1-7-5-6-9(11(14)13-4)8(2)10(7)12-3/h5-6H2,1-4H3. The van der Waals surface area contributed by atoms with Crippen LogP contribution in [0.2, 0.25) is 0 Å². The van der Waals surface area contributed by atoms with E-state index in [1.165, 1.54) is 5.57 Å². The van der Waals surface area contributed by atoms with E-state index in [2.05, 4.69) is 6.92 Å². The third-order valence-corrected chi connectivity index (χ3v) is 2.98. The van der Waals surface area contributed by atoms with Crippen LogP contribution in [0.25, 0.3) is 0 Å². The van der Waals surface area contributed by atoms with E-state index < -0.39 is 0 Å². The molecular formula is C11H16O2S. The fourth-order valence-electron chi connectivity index (χ4n) is 1.78. The molecule has 0 unspecified atom stereocenters. The van der Waals surface area contributed by atoms with Crippen molar-refractivity contribution in [2.75, 3.05) is 14.2 Å². The number of methoxy groups -OCH3 is 2. The van der Waals surface area contributed by atoms with E-state index >= 15 is 0 Å². The van der Waals surface area contributed by atoms with Crippen molar-refractivity contribution in [3.8, 4) is 0 Å². The predicted octanol–water partition coefficient (Wildman–Crippen LogP) is 2.99. The molecule has 1 rings (SSSR count). The van der Waals surface area contributed by atoms with Gasteiger partial charge in [0.15, 0.2) is 5.05 Å². The lowest BCUT2D eigenvalue weighted by molar-refractivity contribution is 0.291. The van der Waals surface area contributed by atoms with Crippen molar-refractivity contribution in [3.63, 3.8) is 0 Å². The van der Waals surface area contributed by atoms with Gasteiger partial charge >= 0.3 is 0 Å². The van der Waals surface area contributed by atoms with Crippen LogP contribution in [0.3, 0.4) is 0 Å². The highest BCUT2D eigenvalue weighted by molar-refractivity contribution is 7.80. The Morgan fingerprint density at radius 1 is 1.21 bits per heavy atom. The van der Waals surface area contributed by atoms with Gasteiger partial charge in [0.25, 0.3) is 0 Å². The summed E-state index contributed by atoms with van der Waals surface area (Å²) in [4.78, 5) is 0. The molecule has 0 atom stereocenters. The van der Waals surface area contributed by atoms with E-state index in [0.29, 0.717) is 5.05 Å².